The van der Waals surface area contributed by atoms with Gasteiger partial charge in [-0.15, -0.1) is 0 Å². The van der Waals surface area contributed by atoms with Gasteiger partial charge in [-0.3, -0.25) is 9.67 Å². The van der Waals surface area contributed by atoms with E-state index >= 15 is 0 Å². The molecular formula is C18H33N5O2. The summed E-state index contributed by atoms with van der Waals surface area (Å²) in [6.07, 6.45) is 8.09. The largest absolute Gasteiger partial charge is 0.381 e. The molecule has 7 heteroatoms. The maximum atomic E-state index is 5.78. The molecule has 0 unspecified atom stereocenters. The smallest absolute Gasteiger partial charge is 0.191 e. The second kappa shape index (κ2) is 11.9. The number of nitrogens with one attached hydrogen (secondary N) is 2. The third-order valence-corrected chi connectivity index (χ3v) is 4.22. The topological polar surface area (TPSA) is 72.7 Å². The quantitative estimate of drug-likeness (QED) is 0.378. The van der Waals surface area contributed by atoms with Crippen LogP contribution in [0.1, 0.15) is 31.7 Å². The summed E-state index contributed by atoms with van der Waals surface area (Å²) in [4.78, 5) is 4.61. The summed E-state index contributed by atoms with van der Waals surface area (Å²) in [5, 5.41) is 10.8. The minimum Gasteiger partial charge on any atom is -0.381 e. The van der Waals surface area contributed by atoms with Gasteiger partial charge >= 0.3 is 0 Å². The summed E-state index contributed by atoms with van der Waals surface area (Å²) in [5.74, 6) is 1.54. The number of hydrogen-bond acceptors (Lipinski definition) is 4. The van der Waals surface area contributed by atoms with Crippen LogP contribution in [0.5, 0.6) is 0 Å². The van der Waals surface area contributed by atoms with E-state index in [1.807, 2.05) is 24.1 Å². The monoisotopic (exact) mass is 351 g/mol. The van der Waals surface area contributed by atoms with Gasteiger partial charge in [-0.1, -0.05) is 0 Å². The Morgan fingerprint density at radius 1 is 1.40 bits per heavy atom. The van der Waals surface area contributed by atoms with E-state index in [0.717, 1.165) is 77.7 Å². The molecule has 1 aromatic rings. The summed E-state index contributed by atoms with van der Waals surface area (Å²) < 4.78 is 13.0. The van der Waals surface area contributed by atoms with Crippen molar-refractivity contribution in [3.63, 3.8) is 0 Å². The number of rotatable bonds is 10. The van der Waals surface area contributed by atoms with Crippen molar-refractivity contribution >= 4 is 5.96 Å². The van der Waals surface area contributed by atoms with Crippen LogP contribution in [0, 0.1) is 5.92 Å². The lowest BCUT2D eigenvalue weighted by Gasteiger charge is -2.21. The molecule has 0 amide bonds. The van der Waals surface area contributed by atoms with E-state index in [1.165, 1.54) is 5.56 Å². The molecule has 142 valence electrons. The first-order valence-corrected chi connectivity index (χ1v) is 9.43. The Morgan fingerprint density at radius 3 is 2.96 bits per heavy atom. The van der Waals surface area contributed by atoms with E-state index in [2.05, 4.69) is 27.6 Å². The van der Waals surface area contributed by atoms with Gasteiger partial charge in [0.1, 0.15) is 0 Å². The first-order chi connectivity index (χ1) is 12.3. The number of aliphatic imine (C=N–C) groups is 1. The molecule has 0 radical (unpaired) electrons. The molecule has 2 rings (SSSR count). The highest BCUT2D eigenvalue weighted by atomic mass is 16.5. The summed E-state index contributed by atoms with van der Waals surface area (Å²) in [6, 6.07) is 0. The van der Waals surface area contributed by atoms with Gasteiger partial charge in [0.25, 0.3) is 0 Å². The van der Waals surface area contributed by atoms with E-state index in [4.69, 9.17) is 9.47 Å². The van der Waals surface area contributed by atoms with Crippen LogP contribution in [0.4, 0.5) is 0 Å². The Balaban J connectivity index is 1.56. The second-order valence-corrected chi connectivity index (χ2v) is 6.44. The number of hydrogen-bond donors (Lipinski definition) is 2. The van der Waals surface area contributed by atoms with Gasteiger partial charge in [0, 0.05) is 59.3 Å². The molecule has 1 saturated heterocycles. The molecule has 0 bridgehead atoms. The van der Waals surface area contributed by atoms with Crippen LogP contribution in [-0.2, 0) is 22.9 Å². The number of guanidine groups is 1. The third kappa shape index (κ3) is 8.36. The van der Waals surface area contributed by atoms with Crippen LogP contribution in [0.25, 0.3) is 0 Å². The summed E-state index contributed by atoms with van der Waals surface area (Å²) in [5.41, 5.74) is 1.23. The lowest BCUT2D eigenvalue weighted by molar-refractivity contribution is 0.0205. The molecule has 1 aliphatic heterocycles. The predicted octanol–water partition coefficient (Wildman–Crippen LogP) is 1.35. The van der Waals surface area contributed by atoms with E-state index in [-0.39, 0.29) is 0 Å². The molecular weight excluding hydrogens is 318 g/mol. The van der Waals surface area contributed by atoms with Crippen molar-refractivity contribution in [2.75, 3.05) is 46.1 Å². The fraction of sp³-hybridized carbons (Fsp3) is 0.778. The summed E-state index contributed by atoms with van der Waals surface area (Å²) >= 11 is 0. The van der Waals surface area contributed by atoms with E-state index in [0.29, 0.717) is 5.92 Å². The van der Waals surface area contributed by atoms with Gasteiger partial charge < -0.3 is 20.1 Å². The van der Waals surface area contributed by atoms with Crippen molar-refractivity contribution in [3.05, 3.63) is 18.0 Å². The van der Waals surface area contributed by atoms with Crippen molar-refractivity contribution in [1.29, 1.82) is 0 Å². The van der Waals surface area contributed by atoms with Crippen molar-refractivity contribution < 1.29 is 9.47 Å². The van der Waals surface area contributed by atoms with Crippen LogP contribution in [0.3, 0.4) is 0 Å². The van der Waals surface area contributed by atoms with E-state index in [1.54, 1.807) is 0 Å². The lowest BCUT2D eigenvalue weighted by atomic mass is 10.0. The minimum absolute atomic E-state index is 0.670. The molecule has 0 saturated carbocycles. The zero-order valence-electron chi connectivity index (χ0n) is 15.7. The first kappa shape index (κ1) is 19.7. The molecule has 2 N–H and O–H groups in total. The average Bonchev–Trinajstić information content (AvgIpc) is 3.04. The van der Waals surface area contributed by atoms with Crippen LogP contribution in [-0.4, -0.2) is 61.8 Å². The highest BCUT2D eigenvalue weighted by Gasteiger charge is 2.13. The molecule has 7 nitrogen and oxygen atoms in total. The van der Waals surface area contributed by atoms with E-state index in [9.17, 15) is 0 Å². The van der Waals surface area contributed by atoms with Crippen molar-refractivity contribution in [2.45, 2.75) is 32.6 Å². The molecule has 25 heavy (non-hydrogen) atoms. The number of aryl methyl sites for hydroxylation is 1. The molecule has 0 atom stereocenters. The molecule has 1 aliphatic rings. The number of aromatic nitrogens is 2. The Bertz CT molecular complexity index is 497. The van der Waals surface area contributed by atoms with Gasteiger partial charge in [0.15, 0.2) is 5.96 Å². The maximum Gasteiger partial charge on any atom is 0.191 e. The van der Waals surface area contributed by atoms with Crippen LogP contribution in [0.2, 0.25) is 0 Å². The molecule has 0 aliphatic carbocycles. The highest BCUT2D eigenvalue weighted by molar-refractivity contribution is 5.79. The molecule has 0 aromatic carbocycles. The van der Waals surface area contributed by atoms with Gasteiger partial charge in [0.05, 0.1) is 6.20 Å². The molecule has 1 fully saturated rings. The van der Waals surface area contributed by atoms with Crippen LogP contribution in [0.15, 0.2) is 17.4 Å². The van der Waals surface area contributed by atoms with Gasteiger partial charge in [-0.05, 0) is 44.1 Å². The lowest BCUT2D eigenvalue weighted by Crippen LogP contribution is -2.38. The fourth-order valence-electron chi connectivity index (χ4n) is 2.79. The summed E-state index contributed by atoms with van der Waals surface area (Å²) in [7, 11) is 1.94. The standard InChI is InChI=1S/C18H33N5O2/c1-3-19-18(21-9-5-17-13-22-23(2)14-17)20-8-4-10-25-15-16-6-11-24-12-7-16/h13-14,16H,3-12,15H2,1-2H3,(H2,19,20,21). The zero-order chi connectivity index (χ0) is 17.7. The molecule has 1 aromatic heterocycles. The maximum absolute atomic E-state index is 5.78. The molecule has 0 spiro atoms. The number of nitrogens with zero attached hydrogens (tertiary/aromatic N) is 3. The predicted molar refractivity (Wildman–Crippen MR) is 99.9 cm³/mol. The zero-order valence-corrected chi connectivity index (χ0v) is 15.7. The Labute approximate surface area is 151 Å². The Hall–Kier alpha value is -1.60. The van der Waals surface area contributed by atoms with Crippen LogP contribution < -0.4 is 10.6 Å². The fourth-order valence-corrected chi connectivity index (χ4v) is 2.79. The average molecular weight is 351 g/mol. The van der Waals surface area contributed by atoms with Gasteiger partial charge in [-0.2, -0.15) is 5.10 Å². The van der Waals surface area contributed by atoms with Gasteiger partial charge in [0.2, 0.25) is 0 Å². The second-order valence-electron chi connectivity index (χ2n) is 6.44. The van der Waals surface area contributed by atoms with Crippen molar-refractivity contribution in [1.82, 2.24) is 20.4 Å². The molecule has 2 heterocycles. The van der Waals surface area contributed by atoms with Crippen LogP contribution >= 0.6 is 0 Å². The normalized spacial score (nSPS) is 16.2. The minimum atomic E-state index is 0.670. The summed E-state index contributed by atoms with van der Waals surface area (Å²) in [6.45, 7) is 7.96. The number of ether oxygens (including phenoxy) is 2. The van der Waals surface area contributed by atoms with E-state index < -0.39 is 0 Å². The SMILES string of the molecule is CCNC(=NCCCOCC1CCOCC1)NCCc1cnn(C)c1. The van der Waals surface area contributed by atoms with Gasteiger partial charge in [-0.25, -0.2) is 0 Å². The van der Waals surface area contributed by atoms with Crippen molar-refractivity contribution in [2.24, 2.45) is 18.0 Å². The third-order valence-electron chi connectivity index (χ3n) is 4.22. The Morgan fingerprint density at radius 2 is 2.24 bits per heavy atom. The highest BCUT2D eigenvalue weighted by Crippen LogP contribution is 2.14. The first-order valence-electron chi connectivity index (χ1n) is 9.43. The Kier molecular flexibility index (Phi) is 9.36. The van der Waals surface area contributed by atoms with Crippen molar-refractivity contribution in [3.8, 4) is 0 Å².